The maximum Gasteiger partial charge on any atom is 0.223 e. The van der Waals surface area contributed by atoms with Crippen LogP contribution in [0.4, 0.5) is 0 Å². The number of rotatable bonds is 4. The zero-order chi connectivity index (χ0) is 17.2. The molecule has 1 saturated carbocycles. The van der Waals surface area contributed by atoms with Crippen LogP contribution in [0.3, 0.4) is 0 Å². The minimum Gasteiger partial charge on any atom is -0.352 e. The summed E-state index contributed by atoms with van der Waals surface area (Å²) in [6.45, 7) is 2.32. The van der Waals surface area contributed by atoms with Crippen molar-refractivity contribution in [2.75, 3.05) is 0 Å². The molecule has 0 aromatic heterocycles. The highest BCUT2D eigenvalue weighted by atomic mass is 35.5. The molecule has 1 amide bonds. The van der Waals surface area contributed by atoms with Crippen LogP contribution in [0.2, 0.25) is 10.0 Å². The van der Waals surface area contributed by atoms with Crippen molar-refractivity contribution < 1.29 is 14.6 Å². The first-order valence-electron chi connectivity index (χ1n) is 8.47. The molecule has 1 aliphatic heterocycles. The molecule has 0 bridgehead atoms. The third kappa shape index (κ3) is 4.23. The molecule has 3 rings (SSSR count). The van der Waals surface area contributed by atoms with Crippen molar-refractivity contribution in [3.05, 3.63) is 33.8 Å². The normalized spacial score (nSPS) is 25.8. The molecular formula is C18H23Cl2NO3. The van der Waals surface area contributed by atoms with E-state index in [4.69, 9.17) is 33.0 Å². The highest BCUT2D eigenvalue weighted by molar-refractivity contribution is 6.35. The maximum atomic E-state index is 12.3. The molecule has 4 nitrogen and oxygen atoms in total. The summed E-state index contributed by atoms with van der Waals surface area (Å²) >= 11 is 12.0. The van der Waals surface area contributed by atoms with E-state index < -0.39 is 5.60 Å². The molecule has 1 saturated heterocycles. The third-order valence-electron chi connectivity index (χ3n) is 4.91. The first kappa shape index (κ1) is 18.0. The van der Waals surface area contributed by atoms with Gasteiger partial charge in [-0.3, -0.25) is 4.79 Å². The van der Waals surface area contributed by atoms with Crippen molar-refractivity contribution in [3.8, 4) is 0 Å². The van der Waals surface area contributed by atoms with Crippen molar-refractivity contribution in [3.63, 3.8) is 0 Å². The van der Waals surface area contributed by atoms with Crippen LogP contribution in [0.25, 0.3) is 0 Å². The van der Waals surface area contributed by atoms with Crippen LogP contribution in [0.15, 0.2) is 18.2 Å². The molecule has 132 valence electrons. The van der Waals surface area contributed by atoms with Crippen molar-refractivity contribution >= 4 is 29.1 Å². The van der Waals surface area contributed by atoms with E-state index in [0.29, 0.717) is 16.6 Å². The van der Waals surface area contributed by atoms with Crippen LogP contribution in [0, 0.1) is 0 Å². The summed E-state index contributed by atoms with van der Waals surface area (Å²) in [5.41, 5.74) is 0.0877. The van der Waals surface area contributed by atoms with Gasteiger partial charge in [-0.25, -0.2) is 9.78 Å². The lowest BCUT2D eigenvalue weighted by molar-refractivity contribution is -0.351. The van der Waals surface area contributed by atoms with Crippen LogP contribution in [0.1, 0.15) is 57.4 Å². The van der Waals surface area contributed by atoms with Gasteiger partial charge in [0, 0.05) is 23.0 Å². The number of carbonyl (C=O) groups excluding carboxylic acids is 1. The fourth-order valence-electron chi connectivity index (χ4n) is 3.74. The summed E-state index contributed by atoms with van der Waals surface area (Å²) < 4.78 is 0. The Morgan fingerprint density at radius 3 is 2.67 bits per heavy atom. The number of nitrogens with one attached hydrogen (secondary N) is 1. The Labute approximate surface area is 152 Å². The van der Waals surface area contributed by atoms with Gasteiger partial charge in [0.2, 0.25) is 5.91 Å². The monoisotopic (exact) mass is 371 g/mol. The van der Waals surface area contributed by atoms with E-state index in [1.807, 2.05) is 13.0 Å². The average Bonchev–Trinajstić information content (AvgIpc) is 2.83. The molecule has 1 aliphatic carbocycles. The van der Waals surface area contributed by atoms with Crippen LogP contribution in [0.5, 0.6) is 0 Å². The van der Waals surface area contributed by atoms with E-state index in [1.54, 1.807) is 12.1 Å². The fraction of sp³-hybridized carbons (Fsp3) is 0.611. The lowest BCUT2D eigenvalue weighted by Gasteiger charge is -2.30. The van der Waals surface area contributed by atoms with Gasteiger partial charge in [-0.1, -0.05) is 48.5 Å². The molecule has 1 spiro atoms. The molecule has 24 heavy (non-hydrogen) atoms. The van der Waals surface area contributed by atoms with E-state index in [1.165, 1.54) is 19.3 Å². The van der Waals surface area contributed by atoms with Gasteiger partial charge in [-0.05, 0) is 37.5 Å². The Hall–Kier alpha value is -0.810. The Balaban J connectivity index is 1.53. The topological polar surface area (TPSA) is 47.6 Å². The molecule has 6 heteroatoms. The lowest BCUT2D eigenvalue weighted by atomic mass is 9.77. The highest BCUT2D eigenvalue weighted by Crippen LogP contribution is 2.46. The molecular weight excluding hydrogens is 349 g/mol. The summed E-state index contributed by atoms with van der Waals surface area (Å²) in [5.74, 6) is -0.0695. The Morgan fingerprint density at radius 1 is 1.21 bits per heavy atom. The standard InChI is InChI=1S/C18H23Cl2NO3/c1-17(12-18(24-23-17)7-3-2-4-8-18)10-16(22)21-11-13-5-6-14(19)9-15(13)20/h5-6,9H,2-4,7-8,10-12H2,1H3,(H,21,22). The summed E-state index contributed by atoms with van der Waals surface area (Å²) in [6, 6.07) is 5.25. The minimum atomic E-state index is -0.564. The van der Waals surface area contributed by atoms with Crippen LogP contribution < -0.4 is 5.32 Å². The smallest absolute Gasteiger partial charge is 0.223 e. The van der Waals surface area contributed by atoms with Crippen molar-refractivity contribution in [1.29, 1.82) is 0 Å². The molecule has 1 N–H and O–H groups in total. The second-order valence-electron chi connectivity index (χ2n) is 7.23. The number of amides is 1. The van der Waals surface area contributed by atoms with Gasteiger partial charge in [0.05, 0.1) is 6.42 Å². The van der Waals surface area contributed by atoms with Crippen LogP contribution >= 0.6 is 23.2 Å². The molecule has 2 fully saturated rings. The van der Waals surface area contributed by atoms with Gasteiger partial charge in [-0.15, -0.1) is 0 Å². The van der Waals surface area contributed by atoms with Gasteiger partial charge in [0.25, 0.3) is 0 Å². The van der Waals surface area contributed by atoms with Crippen molar-refractivity contribution in [1.82, 2.24) is 5.32 Å². The largest absolute Gasteiger partial charge is 0.352 e. The lowest BCUT2D eigenvalue weighted by Crippen LogP contribution is -2.37. The van der Waals surface area contributed by atoms with Gasteiger partial charge in [-0.2, -0.15) is 0 Å². The number of hydrogen-bond acceptors (Lipinski definition) is 3. The number of halogens is 2. The first-order valence-corrected chi connectivity index (χ1v) is 9.23. The SMILES string of the molecule is CC1(CC(=O)NCc2ccc(Cl)cc2Cl)CC2(CCCCC2)OO1. The Bertz CT molecular complexity index is 616. The van der Waals surface area contributed by atoms with Gasteiger partial charge < -0.3 is 5.32 Å². The predicted octanol–water partition coefficient (Wildman–Crippen LogP) is 4.81. The van der Waals surface area contributed by atoms with E-state index in [0.717, 1.165) is 24.8 Å². The average molecular weight is 372 g/mol. The molecule has 1 unspecified atom stereocenters. The molecule has 1 aromatic carbocycles. The second-order valence-corrected chi connectivity index (χ2v) is 8.07. The van der Waals surface area contributed by atoms with E-state index in [9.17, 15) is 4.79 Å². The van der Waals surface area contributed by atoms with Gasteiger partial charge in [0.1, 0.15) is 11.2 Å². The van der Waals surface area contributed by atoms with E-state index >= 15 is 0 Å². The van der Waals surface area contributed by atoms with Gasteiger partial charge >= 0.3 is 0 Å². The summed E-state index contributed by atoms with van der Waals surface area (Å²) in [7, 11) is 0. The quantitative estimate of drug-likeness (QED) is 0.772. The number of carbonyl (C=O) groups is 1. The Morgan fingerprint density at radius 2 is 1.96 bits per heavy atom. The van der Waals surface area contributed by atoms with Crippen LogP contribution in [-0.4, -0.2) is 17.1 Å². The second kappa shape index (κ2) is 7.20. The fourth-order valence-corrected chi connectivity index (χ4v) is 4.21. The maximum absolute atomic E-state index is 12.3. The van der Waals surface area contributed by atoms with Crippen molar-refractivity contribution in [2.45, 2.75) is 69.6 Å². The zero-order valence-corrected chi connectivity index (χ0v) is 15.4. The first-order chi connectivity index (χ1) is 11.4. The van der Waals surface area contributed by atoms with Gasteiger partial charge in [0.15, 0.2) is 0 Å². The summed E-state index contributed by atoms with van der Waals surface area (Å²) in [6.07, 6.45) is 6.68. The highest BCUT2D eigenvalue weighted by Gasteiger charge is 2.50. The zero-order valence-electron chi connectivity index (χ0n) is 13.9. The van der Waals surface area contributed by atoms with Crippen molar-refractivity contribution in [2.24, 2.45) is 0 Å². The van der Waals surface area contributed by atoms with E-state index in [2.05, 4.69) is 5.32 Å². The molecule has 1 heterocycles. The molecule has 2 aliphatic rings. The van der Waals surface area contributed by atoms with E-state index in [-0.39, 0.29) is 17.9 Å². The minimum absolute atomic E-state index is 0.0695. The molecule has 1 atom stereocenters. The summed E-state index contributed by atoms with van der Waals surface area (Å²) in [5, 5.41) is 4.03. The summed E-state index contributed by atoms with van der Waals surface area (Å²) in [4.78, 5) is 23.6. The number of hydrogen-bond donors (Lipinski definition) is 1. The number of benzene rings is 1. The molecule has 1 aromatic rings. The van der Waals surface area contributed by atoms with Crippen LogP contribution in [-0.2, 0) is 21.1 Å². The Kier molecular flexibility index (Phi) is 5.40. The molecule has 0 radical (unpaired) electrons. The predicted molar refractivity (Wildman–Crippen MR) is 93.9 cm³/mol. The third-order valence-corrected chi connectivity index (χ3v) is 5.49.